The summed E-state index contributed by atoms with van der Waals surface area (Å²) in [6, 6.07) is 7.93. The molecule has 26 heavy (non-hydrogen) atoms. The molecule has 140 valence electrons. The van der Waals surface area contributed by atoms with Crippen molar-refractivity contribution >= 4 is 11.9 Å². The zero-order valence-corrected chi connectivity index (χ0v) is 14.9. The first-order chi connectivity index (χ1) is 12.5. The maximum absolute atomic E-state index is 12.1. The fourth-order valence-electron chi connectivity index (χ4n) is 2.75. The number of aromatic nitrogens is 3. The van der Waals surface area contributed by atoms with Crippen molar-refractivity contribution in [2.75, 3.05) is 19.6 Å². The number of nitrogens with one attached hydrogen (secondary N) is 2. The Balaban J connectivity index is 0.000000552. The third-order valence-corrected chi connectivity index (χ3v) is 4.00. The molecule has 8 nitrogen and oxygen atoms in total. The van der Waals surface area contributed by atoms with Crippen molar-refractivity contribution in [3.05, 3.63) is 48.0 Å². The summed E-state index contributed by atoms with van der Waals surface area (Å²) in [5, 5.41) is 17.7. The lowest BCUT2D eigenvalue weighted by Gasteiger charge is -2.09. The molecule has 0 saturated carbocycles. The molecule has 1 aromatic carbocycles. The van der Waals surface area contributed by atoms with E-state index >= 15 is 0 Å². The molecule has 0 spiro atoms. The molecule has 0 aliphatic carbocycles. The predicted molar refractivity (Wildman–Crippen MR) is 96.8 cm³/mol. The van der Waals surface area contributed by atoms with Crippen molar-refractivity contribution in [3.8, 4) is 0 Å². The maximum atomic E-state index is 12.1. The molecule has 3 N–H and O–H groups in total. The first-order valence-corrected chi connectivity index (χ1v) is 8.64. The molecule has 0 bridgehead atoms. The molecule has 1 unspecified atom stereocenters. The SMILES string of the molecule is CC(=O)O.O=C(NCCn1cncn1)c1ccc(CC2CCNC2)cc1. The summed E-state index contributed by atoms with van der Waals surface area (Å²) in [5.41, 5.74) is 2.00. The van der Waals surface area contributed by atoms with E-state index < -0.39 is 5.97 Å². The molecule has 1 aliphatic rings. The van der Waals surface area contributed by atoms with Gasteiger partial charge in [-0.1, -0.05) is 12.1 Å². The molecule has 2 aromatic rings. The van der Waals surface area contributed by atoms with E-state index in [4.69, 9.17) is 9.90 Å². The Hall–Kier alpha value is -2.74. The van der Waals surface area contributed by atoms with Crippen LogP contribution in [0.4, 0.5) is 0 Å². The van der Waals surface area contributed by atoms with Crippen LogP contribution < -0.4 is 10.6 Å². The second kappa shape index (κ2) is 10.3. The molecular weight excluding hydrogens is 334 g/mol. The van der Waals surface area contributed by atoms with Gasteiger partial charge in [-0.3, -0.25) is 14.3 Å². The minimum Gasteiger partial charge on any atom is -0.481 e. The summed E-state index contributed by atoms with van der Waals surface area (Å²) in [6.07, 6.45) is 5.45. The number of carbonyl (C=O) groups excluding carboxylic acids is 1. The van der Waals surface area contributed by atoms with Gasteiger partial charge in [0.25, 0.3) is 11.9 Å². The van der Waals surface area contributed by atoms with E-state index in [1.54, 1.807) is 11.0 Å². The Labute approximate surface area is 152 Å². The first-order valence-electron chi connectivity index (χ1n) is 8.64. The monoisotopic (exact) mass is 359 g/mol. The molecule has 1 fully saturated rings. The van der Waals surface area contributed by atoms with Gasteiger partial charge in [-0.25, -0.2) is 4.98 Å². The van der Waals surface area contributed by atoms with Gasteiger partial charge in [-0.05, 0) is 49.5 Å². The Morgan fingerprint density at radius 2 is 2.08 bits per heavy atom. The van der Waals surface area contributed by atoms with Crippen LogP contribution in [0.15, 0.2) is 36.9 Å². The summed E-state index contributed by atoms with van der Waals surface area (Å²) >= 11 is 0. The van der Waals surface area contributed by atoms with Crippen molar-refractivity contribution in [3.63, 3.8) is 0 Å². The summed E-state index contributed by atoms with van der Waals surface area (Å²) < 4.78 is 1.69. The van der Waals surface area contributed by atoms with Crippen molar-refractivity contribution in [1.82, 2.24) is 25.4 Å². The highest BCUT2D eigenvalue weighted by Gasteiger charge is 2.15. The van der Waals surface area contributed by atoms with Gasteiger partial charge in [0.2, 0.25) is 0 Å². The molecule has 1 amide bonds. The van der Waals surface area contributed by atoms with E-state index in [-0.39, 0.29) is 5.91 Å². The second-order valence-corrected chi connectivity index (χ2v) is 6.19. The van der Waals surface area contributed by atoms with Gasteiger partial charge in [0.1, 0.15) is 12.7 Å². The number of benzene rings is 1. The fraction of sp³-hybridized carbons (Fsp3) is 0.444. The van der Waals surface area contributed by atoms with Crippen LogP contribution in [0.25, 0.3) is 0 Å². The van der Waals surface area contributed by atoms with Crippen molar-refractivity contribution < 1.29 is 14.7 Å². The van der Waals surface area contributed by atoms with Crippen LogP contribution in [0, 0.1) is 5.92 Å². The normalized spacial score (nSPS) is 15.8. The van der Waals surface area contributed by atoms with E-state index in [1.807, 2.05) is 12.1 Å². The third-order valence-electron chi connectivity index (χ3n) is 4.00. The maximum Gasteiger partial charge on any atom is 0.300 e. The van der Waals surface area contributed by atoms with Crippen LogP contribution >= 0.6 is 0 Å². The topological polar surface area (TPSA) is 109 Å². The number of hydrogen-bond donors (Lipinski definition) is 3. The number of carboxylic acid groups (broad SMARTS) is 1. The van der Waals surface area contributed by atoms with Crippen molar-refractivity contribution in [2.45, 2.75) is 26.3 Å². The summed E-state index contributed by atoms with van der Waals surface area (Å²) in [6.45, 7) is 4.47. The fourth-order valence-corrected chi connectivity index (χ4v) is 2.75. The lowest BCUT2D eigenvalue weighted by Crippen LogP contribution is -2.27. The van der Waals surface area contributed by atoms with E-state index in [1.165, 1.54) is 18.3 Å². The van der Waals surface area contributed by atoms with Crippen LogP contribution in [0.3, 0.4) is 0 Å². The van der Waals surface area contributed by atoms with E-state index in [0.717, 1.165) is 32.4 Å². The molecular formula is C18H25N5O3. The lowest BCUT2D eigenvalue weighted by atomic mass is 9.98. The van der Waals surface area contributed by atoms with Gasteiger partial charge < -0.3 is 15.7 Å². The molecule has 8 heteroatoms. The van der Waals surface area contributed by atoms with Crippen molar-refractivity contribution in [2.24, 2.45) is 5.92 Å². The molecule has 0 radical (unpaired) electrons. The molecule has 3 rings (SSSR count). The number of hydrogen-bond acceptors (Lipinski definition) is 5. The van der Waals surface area contributed by atoms with Gasteiger partial charge in [-0.2, -0.15) is 5.10 Å². The zero-order valence-electron chi connectivity index (χ0n) is 14.9. The zero-order chi connectivity index (χ0) is 18.8. The van der Waals surface area contributed by atoms with Gasteiger partial charge in [0, 0.05) is 19.0 Å². The van der Waals surface area contributed by atoms with Crippen molar-refractivity contribution in [1.29, 1.82) is 0 Å². The van der Waals surface area contributed by atoms with Crippen LogP contribution in [0.5, 0.6) is 0 Å². The first kappa shape index (κ1) is 19.6. The number of rotatable bonds is 6. The minimum absolute atomic E-state index is 0.0470. The van der Waals surface area contributed by atoms with Gasteiger partial charge in [0.05, 0.1) is 6.54 Å². The van der Waals surface area contributed by atoms with Crippen LogP contribution in [-0.4, -0.2) is 51.4 Å². The average Bonchev–Trinajstić information content (AvgIpc) is 3.29. The number of carboxylic acids is 1. The molecule has 1 aromatic heterocycles. The highest BCUT2D eigenvalue weighted by atomic mass is 16.4. The quantitative estimate of drug-likeness (QED) is 0.708. The second-order valence-electron chi connectivity index (χ2n) is 6.19. The minimum atomic E-state index is -0.833. The van der Waals surface area contributed by atoms with Crippen LogP contribution in [0.1, 0.15) is 29.3 Å². The smallest absolute Gasteiger partial charge is 0.300 e. The molecule has 2 heterocycles. The highest BCUT2D eigenvalue weighted by Crippen LogP contribution is 2.15. The third kappa shape index (κ3) is 7.02. The summed E-state index contributed by atoms with van der Waals surface area (Å²) in [4.78, 5) is 24.9. The largest absolute Gasteiger partial charge is 0.481 e. The number of amides is 1. The Bertz CT molecular complexity index is 675. The Morgan fingerprint density at radius 1 is 1.35 bits per heavy atom. The van der Waals surface area contributed by atoms with E-state index in [2.05, 4.69) is 32.8 Å². The summed E-state index contributed by atoms with van der Waals surface area (Å²) in [7, 11) is 0. The molecule has 1 atom stereocenters. The van der Waals surface area contributed by atoms with E-state index in [0.29, 0.717) is 18.7 Å². The Kier molecular flexibility index (Phi) is 7.75. The molecule has 1 saturated heterocycles. The molecule has 1 aliphatic heterocycles. The number of aliphatic carboxylic acids is 1. The van der Waals surface area contributed by atoms with Gasteiger partial charge >= 0.3 is 0 Å². The van der Waals surface area contributed by atoms with E-state index in [9.17, 15) is 4.79 Å². The number of nitrogens with zero attached hydrogens (tertiary/aromatic N) is 3. The van der Waals surface area contributed by atoms with Gasteiger partial charge in [-0.15, -0.1) is 0 Å². The average molecular weight is 359 g/mol. The highest BCUT2D eigenvalue weighted by molar-refractivity contribution is 5.94. The predicted octanol–water partition coefficient (Wildman–Crippen LogP) is 0.951. The van der Waals surface area contributed by atoms with Gasteiger partial charge in [0.15, 0.2) is 0 Å². The standard InChI is InChI=1S/C16H21N5O.C2H4O2/c22-16(19-7-8-21-12-18-11-20-21)15-3-1-13(2-4-15)9-14-5-6-17-10-14;1-2(3)4/h1-4,11-12,14,17H,5-10H2,(H,19,22);1H3,(H,3,4). The lowest BCUT2D eigenvalue weighted by molar-refractivity contribution is -0.134. The summed E-state index contributed by atoms with van der Waals surface area (Å²) in [5.74, 6) is -0.156. The van der Waals surface area contributed by atoms with Crippen LogP contribution in [-0.2, 0) is 17.8 Å². The van der Waals surface area contributed by atoms with Crippen LogP contribution in [0.2, 0.25) is 0 Å². The number of carbonyl (C=O) groups is 2. The Morgan fingerprint density at radius 3 is 2.65 bits per heavy atom.